The molecule has 0 bridgehead atoms. The summed E-state index contributed by atoms with van der Waals surface area (Å²) in [5, 5.41) is 0. The van der Waals surface area contributed by atoms with Crippen LogP contribution in [0.25, 0.3) is 0 Å². The quantitative estimate of drug-likeness (QED) is 0.0346. The molecule has 0 radical (unpaired) electrons. The maximum atomic E-state index is 12.8. The molecule has 376 valence electrons. The minimum atomic E-state index is -0.587. The van der Waals surface area contributed by atoms with Crippen molar-refractivity contribution in [1.29, 1.82) is 0 Å². The van der Waals surface area contributed by atoms with Gasteiger partial charge in [0, 0.05) is 19.4 Å². The molecule has 5 heteroatoms. The largest absolute Gasteiger partial charge is 0.462 e. The van der Waals surface area contributed by atoms with Crippen molar-refractivity contribution in [3.8, 4) is 0 Å². The Hall–Kier alpha value is -3.44. The number of carbonyl (C=O) groups excluding carboxylic acids is 2. The Balaban J connectivity index is 4.39. The highest BCUT2D eigenvalue weighted by atomic mass is 16.6. The van der Waals surface area contributed by atoms with E-state index in [1.54, 1.807) is 0 Å². The molecule has 0 N–H and O–H groups in total. The van der Waals surface area contributed by atoms with Gasteiger partial charge in [0.1, 0.15) is 6.61 Å². The maximum absolute atomic E-state index is 12.8. The lowest BCUT2D eigenvalue weighted by Crippen LogP contribution is -2.30. The van der Waals surface area contributed by atoms with Gasteiger partial charge in [0.2, 0.25) is 0 Å². The van der Waals surface area contributed by atoms with Crippen molar-refractivity contribution in [2.24, 2.45) is 0 Å². The van der Waals surface area contributed by atoms with Crippen LogP contribution >= 0.6 is 0 Å². The summed E-state index contributed by atoms with van der Waals surface area (Å²) in [5.41, 5.74) is 0. The topological polar surface area (TPSA) is 61.8 Å². The molecule has 0 aliphatic heterocycles. The van der Waals surface area contributed by atoms with Gasteiger partial charge in [-0.15, -0.1) is 0 Å². The number of hydrogen-bond donors (Lipinski definition) is 0. The third-order valence-corrected chi connectivity index (χ3v) is 11.3. The molecule has 0 rings (SSSR count). The zero-order valence-corrected chi connectivity index (χ0v) is 43.2. The van der Waals surface area contributed by atoms with Crippen molar-refractivity contribution >= 4 is 11.9 Å². The fraction of sp³-hybridized carbons (Fsp3) is 0.672. The van der Waals surface area contributed by atoms with E-state index in [4.69, 9.17) is 14.2 Å². The Bertz CT molecular complexity index is 1310. The molecule has 66 heavy (non-hydrogen) atoms. The number of allylic oxidation sites excluding steroid dienone is 18. The SMILES string of the molecule is CC/C=C\C/C=C\C/C=C\C/C=C\C/C=C\C/C=C\CCCOCC(COC(=O)CCCCCCCCCCCCCCCCCCC)OC(=O)CCCCC/C=C\C/C=C\C/C=C\CC. The molecule has 0 amide bonds. The van der Waals surface area contributed by atoms with Gasteiger partial charge in [-0.25, -0.2) is 0 Å². The molecular weight excluding hydrogens is 813 g/mol. The van der Waals surface area contributed by atoms with Crippen molar-refractivity contribution in [2.75, 3.05) is 19.8 Å². The average molecular weight is 915 g/mol. The lowest BCUT2D eigenvalue weighted by Gasteiger charge is -2.18. The third-order valence-electron chi connectivity index (χ3n) is 11.3. The summed E-state index contributed by atoms with van der Waals surface area (Å²) >= 11 is 0. The molecule has 0 aliphatic carbocycles. The first-order valence-corrected chi connectivity index (χ1v) is 27.4. The molecule has 0 aromatic carbocycles. The summed E-state index contributed by atoms with van der Waals surface area (Å²) in [7, 11) is 0. The van der Waals surface area contributed by atoms with Gasteiger partial charge in [0.25, 0.3) is 0 Å². The van der Waals surface area contributed by atoms with Gasteiger partial charge in [-0.3, -0.25) is 9.59 Å². The summed E-state index contributed by atoms with van der Waals surface area (Å²) in [6, 6.07) is 0. The van der Waals surface area contributed by atoms with Gasteiger partial charge < -0.3 is 14.2 Å². The van der Waals surface area contributed by atoms with Crippen molar-refractivity contribution in [1.82, 2.24) is 0 Å². The molecule has 0 aromatic rings. The fourth-order valence-electron chi connectivity index (χ4n) is 7.31. The molecule has 0 spiro atoms. The minimum absolute atomic E-state index is 0.0464. The predicted octanol–water partition coefficient (Wildman–Crippen LogP) is 18.8. The van der Waals surface area contributed by atoms with Gasteiger partial charge in [0.05, 0.1) is 6.61 Å². The number of unbranched alkanes of at least 4 members (excludes halogenated alkanes) is 20. The third kappa shape index (κ3) is 53.2. The Kier molecular flexibility index (Phi) is 53.0. The van der Waals surface area contributed by atoms with Crippen LogP contribution in [0, 0.1) is 0 Å². The van der Waals surface area contributed by atoms with E-state index in [0.717, 1.165) is 109 Å². The van der Waals surface area contributed by atoms with Crippen LogP contribution in [-0.2, 0) is 23.8 Å². The van der Waals surface area contributed by atoms with E-state index in [-0.39, 0.29) is 25.2 Å². The van der Waals surface area contributed by atoms with Crippen LogP contribution in [0.1, 0.15) is 239 Å². The molecule has 0 aromatic heterocycles. The summed E-state index contributed by atoms with van der Waals surface area (Å²) in [4.78, 5) is 25.4. The van der Waals surface area contributed by atoms with Crippen LogP contribution in [0.2, 0.25) is 0 Å². The molecule has 1 atom stereocenters. The molecule has 0 saturated carbocycles. The van der Waals surface area contributed by atoms with Crippen molar-refractivity contribution in [2.45, 2.75) is 245 Å². The van der Waals surface area contributed by atoms with E-state index in [9.17, 15) is 9.59 Å². The van der Waals surface area contributed by atoms with E-state index in [1.807, 2.05) is 0 Å². The molecule has 0 heterocycles. The average Bonchev–Trinajstić information content (AvgIpc) is 3.32. The summed E-state index contributed by atoms with van der Waals surface area (Å²) < 4.78 is 17.3. The molecule has 0 fully saturated rings. The monoisotopic (exact) mass is 915 g/mol. The van der Waals surface area contributed by atoms with Crippen molar-refractivity contribution in [3.05, 3.63) is 109 Å². The van der Waals surface area contributed by atoms with Crippen LogP contribution in [0.3, 0.4) is 0 Å². The Labute approximate surface area is 408 Å². The van der Waals surface area contributed by atoms with E-state index < -0.39 is 6.10 Å². The van der Waals surface area contributed by atoms with Crippen molar-refractivity contribution < 1.29 is 23.8 Å². The molecule has 0 saturated heterocycles. The van der Waals surface area contributed by atoms with Crippen LogP contribution in [0.5, 0.6) is 0 Å². The number of carbonyl (C=O) groups is 2. The Morgan fingerprint density at radius 2 is 0.682 bits per heavy atom. The Morgan fingerprint density at radius 3 is 1.09 bits per heavy atom. The van der Waals surface area contributed by atoms with E-state index in [2.05, 4.69) is 130 Å². The van der Waals surface area contributed by atoms with E-state index in [1.165, 1.54) is 96.3 Å². The zero-order chi connectivity index (χ0) is 47.7. The number of hydrogen-bond acceptors (Lipinski definition) is 5. The van der Waals surface area contributed by atoms with Gasteiger partial charge in [-0.2, -0.15) is 0 Å². The first-order chi connectivity index (χ1) is 32.6. The molecular formula is C61H102O5. The minimum Gasteiger partial charge on any atom is -0.462 e. The van der Waals surface area contributed by atoms with E-state index in [0.29, 0.717) is 19.4 Å². The van der Waals surface area contributed by atoms with E-state index >= 15 is 0 Å². The van der Waals surface area contributed by atoms with Crippen LogP contribution in [0.15, 0.2) is 109 Å². The second-order valence-electron chi connectivity index (χ2n) is 17.7. The standard InChI is InChI=1S/C61H102O5/c1-4-7-10-13-16-19-22-25-27-29-30-31-33-35-38-41-44-47-50-53-56-64-57-59(66-61(63)55-52-49-46-43-40-36-24-21-18-15-12-9-6-3)58-65-60(62)54-51-48-45-42-39-37-34-32-28-26-23-20-17-14-11-8-5-2/h7,9-10,12,16,18-19,21,25,27,30-31,35-36,38,40,44,47,59H,4-6,8,11,13-15,17,20,22-24,26,28-29,32-34,37,39,41-43,45-46,48-58H2,1-3H3/b10-7-,12-9-,19-16-,21-18-,27-25-,31-30-,38-35-,40-36-,47-44-. The lowest BCUT2D eigenvalue weighted by molar-refractivity contribution is -0.163. The second kappa shape index (κ2) is 55.9. The van der Waals surface area contributed by atoms with Crippen LogP contribution < -0.4 is 0 Å². The van der Waals surface area contributed by atoms with Crippen molar-refractivity contribution in [3.63, 3.8) is 0 Å². The zero-order valence-electron chi connectivity index (χ0n) is 43.2. The highest BCUT2D eigenvalue weighted by molar-refractivity contribution is 5.70. The first-order valence-electron chi connectivity index (χ1n) is 27.4. The van der Waals surface area contributed by atoms with Gasteiger partial charge in [0.15, 0.2) is 6.10 Å². The van der Waals surface area contributed by atoms with Gasteiger partial charge in [-0.1, -0.05) is 239 Å². The Morgan fingerprint density at radius 1 is 0.348 bits per heavy atom. The highest BCUT2D eigenvalue weighted by Crippen LogP contribution is 2.15. The maximum Gasteiger partial charge on any atom is 0.306 e. The summed E-state index contributed by atoms with van der Waals surface area (Å²) in [5.74, 6) is -0.463. The lowest BCUT2D eigenvalue weighted by atomic mass is 10.0. The van der Waals surface area contributed by atoms with Gasteiger partial charge in [-0.05, 0) is 96.3 Å². The van der Waals surface area contributed by atoms with Gasteiger partial charge >= 0.3 is 11.9 Å². The smallest absolute Gasteiger partial charge is 0.306 e. The number of rotatable bonds is 49. The molecule has 0 aliphatic rings. The summed E-state index contributed by atoms with van der Waals surface area (Å²) in [6.07, 6.45) is 76.9. The summed E-state index contributed by atoms with van der Waals surface area (Å²) in [6.45, 7) is 7.43. The number of ether oxygens (including phenoxy) is 3. The molecule has 1 unspecified atom stereocenters. The highest BCUT2D eigenvalue weighted by Gasteiger charge is 2.17. The van der Waals surface area contributed by atoms with Crippen LogP contribution in [-0.4, -0.2) is 37.9 Å². The fourth-order valence-corrected chi connectivity index (χ4v) is 7.31. The number of esters is 2. The second-order valence-corrected chi connectivity index (χ2v) is 17.7. The van der Waals surface area contributed by atoms with Crippen LogP contribution in [0.4, 0.5) is 0 Å². The predicted molar refractivity (Wildman–Crippen MR) is 288 cm³/mol. The first kappa shape index (κ1) is 62.6. The molecule has 5 nitrogen and oxygen atoms in total. The normalized spacial score (nSPS) is 13.1.